The highest BCUT2D eigenvalue weighted by Crippen LogP contribution is 2.43. The molecule has 0 radical (unpaired) electrons. The van der Waals surface area contributed by atoms with Gasteiger partial charge >= 0.3 is 0 Å². The first-order valence-electron chi connectivity index (χ1n) is 6.78. The van der Waals surface area contributed by atoms with Crippen LogP contribution in [0.1, 0.15) is 68.2 Å². The van der Waals surface area contributed by atoms with Crippen molar-refractivity contribution in [2.75, 3.05) is 0 Å². The quantitative estimate of drug-likeness (QED) is 0.554. The van der Waals surface area contributed by atoms with E-state index in [-0.39, 0.29) is 0 Å². The van der Waals surface area contributed by atoms with Crippen molar-refractivity contribution in [2.45, 2.75) is 68.2 Å². The Balaban J connectivity index is 4.69. The Hall–Kier alpha value is 0. The maximum absolute atomic E-state index is 2.47. The van der Waals surface area contributed by atoms with Crippen LogP contribution in [0.4, 0.5) is 0 Å². The first-order valence-corrected chi connectivity index (χ1v) is 6.78. The van der Waals surface area contributed by atoms with Gasteiger partial charge in [0.25, 0.3) is 0 Å². The smallest absolute Gasteiger partial charge is 0.0298 e. The molecule has 2 unspecified atom stereocenters. The van der Waals surface area contributed by atoms with Crippen molar-refractivity contribution in [2.24, 2.45) is 29.1 Å². The van der Waals surface area contributed by atoms with Gasteiger partial charge in [-0.15, -0.1) is 0 Å². The van der Waals surface area contributed by atoms with Gasteiger partial charge in [0.1, 0.15) is 0 Å². The second-order valence-electron chi connectivity index (χ2n) is 6.23. The fourth-order valence-electron chi connectivity index (χ4n) is 2.97. The molecule has 0 amide bonds. The second-order valence-corrected chi connectivity index (χ2v) is 6.23. The summed E-state index contributed by atoms with van der Waals surface area (Å²) in [6.45, 7) is 19.2. The van der Waals surface area contributed by atoms with Gasteiger partial charge in [-0.05, 0) is 29.1 Å². The lowest BCUT2D eigenvalue weighted by molar-refractivity contribution is 0.0630. The third-order valence-electron chi connectivity index (χ3n) is 5.05. The highest BCUT2D eigenvalue weighted by Gasteiger charge is 2.36. The van der Waals surface area contributed by atoms with Crippen molar-refractivity contribution < 1.29 is 0 Å². The Morgan fingerprint density at radius 2 is 1.27 bits per heavy atom. The van der Waals surface area contributed by atoms with Crippen LogP contribution in [-0.4, -0.2) is 0 Å². The molecule has 0 aromatic carbocycles. The molecule has 15 heavy (non-hydrogen) atoms. The Morgan fingerprint density at radius 1 is 0.867 bits per heavy atom. The minimum Gasteiger partial charge on any atom is -0.0651 e. The third kappa shape index (κ3) is 3.50. The molecule has 0 heteroatoms. The molecule has 0 spiro atoms. The molecule has 0 bridgehead atoms. The van der Waals surface area contributed by atoms with Crippen LogP contribution in [0.3, 0.4) is 0 Å². The molecule has 0 rings (SSSR count). The van der Waals surface area contributed by atoms with E-state index in [9.17, 15) is 0 Å². The Morgan fingerprint density at radius 3 is 1.53 bits per heavy atom. The molecule has 0 saturated carbocycles. The molecule has 0 fully saturated rings. The lowest BCUT2D eigenvalue weighted by Crippen LogP contribution is -2.35. The average Bonchev–Trinajstić information content (AvgIpc) is 2.16. The summed E-state index contributed by atoms with van der Waals surface area (Å²) in [4.78, 5) is 0. The molecule has 0 nitrogen and oxygen atoms in total. The van der Waals surface area contributed by atoms with Gasteiger partial charge in [-0.1, -0.05) is 68.2 Å². The molecular formula is C15H32. The van der Waals surface area contributed by atoms with Gasteiger partial charge in [0.2, 0.25) is 0 Å². The van der Waals surface area contributed by atoms with Gasteiger partial charge in [-0.25, -0.2) is 0 Å². The van der Waals surface area contributed by atoms with E-state index in [0.717, 1.165) is 23.7 Å². The summed E-state index contributed by atoms with van der Waals surface area (Å²) in [5, 5.41) is 0. The summed E-state index contributed by atoms with van der Waals surface area (Å²) in [7, 11) is 0. The summed E-state index contributed by atoms with van der Waals surface area (Å²) < 4.78 is 0. The van der Waals surface area contributed by atoms with Crippen molar-refractivity contribution in [1.82, 2.24) is 0 Å². The Kier molecular flexibility index (Phi) is 5.92. The zero-order chi connectivity index (χ0) is 12.2. The zero-order valence-corrected chi connectivity index (χ0v) is 12.2. The van der Waals surface area contributed by atoms with Gasteiger partial charge in [0.05, 0.1) is 0 Å². The molecule has 0 aromatic rings. The topological polar surface area (TPSA) is 0 Å². The van der Waals surface area contributed by atoms with E-state index in [1.54, 1.807) is 0 Å². The number of hydrogen-bond acceptors (Lipinski definition) is 0. The third-order valence-corrected chi connectivity index (χ3v) is 5.05. The first kappa shape index (κ1) is 15.0. The Labute approximate surface area is 97.8 Å². The summed E-state index contributed by atoms with van der Waals surface area (Å²) >= 11 is 0. The standard InChI is InChI=1S/C15H32/c1-9-14(10-2)15(7,8)13(6)12(5)11(3)4/h11-14H,9-10H2,1-8H3. The van der Waals surface area contributed by atoms with Crippen molar-refractivity contribution in [3.8, 4) is 0 Å². The van der Waals surface area contributed by atoms with Crippen molar-refractivity contribution >= 4 is 0 Å². The maximum Gasteiger partial charge on any atom is -0.0298 e. The van der Waals surface area contributed by atoms with Crippen molar-refractivity contribution in [3.05, 3.63) is 0 Å². The maximum atomic E-state index is 2.47. The molecule has 92 valence electrons. The highest BCUT2D eigenvalue weighted by molar-refractivity contribution is 4.85. The predicted octanol–water partition coefficient (Wildman–Crippen LogP) is 5.38. The van der Waals surface area contributed by atoms with E-state index in [1.165, 1.54) is 12.8 Å². The van der Waals surface area contributed by atoms with E-state index >= 15 is 0 Å². The number of rotatable bonds is 6. The fourth-order valence-corrected chi connectivity index (χ4v) is 2.97. The van der Waals surface area contributed by atoms with Crippen LogP contribution in [0.2, 0.25) is 0 Å². The molecule has 0 saturated heterocycles. The molecular weight excluding hydrogens is 180 g/mol. The normalized spacial score (nSPS) is 17.2. The van der Waals surface area contributed by atoms with E-state index in [2.05, 4.69) is 55.4 Å². The highest BCUT2D eigenvalue weighted by atomic mass is 14.4. The molecule has 0 aromatic heterocycles. The Bertz CT molecular complexity index is 163. The lowest BCUT2D eigenvalue weighted by atomic mass is 9.62. The van der Waals surface area contributed by atoms with Crippen LogP contribution in [-0.2, 0) is 0 Å². The van der Waals surface area contributed by atoms with Gasteiger partial charge in [0.15, 0.2) is 0 Å². The van der Waals surface area contributed by atoms with Gasteiger partial charge in [-0.3, -0.25) is 0 Å². The lowest BCUT2D eigenvalue weighted by Gasteiger charge is -2.43. The number of hydrogen-bond donors (Lipinski definition) is 0. The summed E-state index contributed by atoms with van der Waals surface area (Å²) in [5.41, 5.74) is 0.479. The van der Waals surface area contributed by atoms with Gasteiger partial charge in [0, 0.05) is 0 Å². The van der Waals surface area contributed by atoms with Crippen molar-refractivity contribution in [1.29, 1.82) is 0 Å². The predicted molar refractivity (Wildman–Crippen MR) is 71.0 cm³/mol. The minimum atomic E-state index is 0.479. The van der Waals surface area contributed by atoms with E-state index < -0.39 is 0 Å². The summed E-state index contributed by atoms with van der Waals surface area (Å²) in [5.74, 6) is 3.30. The van der Waals surface area contributed by atoms with Crippen LogP contribution in [0, 0.1) is 29.1 Å². The molecule has 0 aliphatic rings. The van der Waals surface area contributed by atoms with Crippen molar-refractivity contribution in [3.63, 3.8) is 0 Å². The fraction of sp³-hybridized carbons (Fsp3) is 1.00. The molecule has 0 heterocycles. The molecule has 0 N–H and O–H groups in total. The molecule has 0 aliphatic heterocycles. The zero-order valence-electron chi connectivity index (χ0n) is 12.2. The average molecular weight is 212 g/mol. The van der Waals surface area contributed by atoms with Crippen LogP contribution < -0.4 is 0 Å². The van der Waals surface area contributed by atoms with E-state index in [4.69, 9.17) is 0 Å². The summed E-state index contributed by atoms with van der Waals surface area (Å²) in [6.07, 6.45) is 2.64. The van der Waals surface area contributed by atoms with E-state index in [0.29, 0.717) is 5.41 Å². The second kappa shape index (κ2) is 5.92. The van der Waals surface area contributed by atoms with Crippen LogP contribution in [0.5, 0.6) is 0 Å². The van der Waals surface area contributed by atoms with E-state index in [1.807, 2.05) is 0 Å². The molecule has 0 aliphatic carbocycles. The molecule has 2 atom stereocenters. The first-order chi connectivity index (χ1) is 6.78. The van der Waals surface area contributed by atoms with Gasteiger partial charge in [-0.2, -0.15) is 0 Å². The van der Waals surface area contributed by atoms with Crippen LogP contribution in [0.25, 0.3) is 0 Å². The minimum absolute atomic E-state index is 0.479. The van der Waals surface area contributed by atoms with Crippen LogP contribution in [0.15, 0.2) is 0 Å². The monoisotopic (exact) mass is 212 g/mol. The largest absolute Gasteiger partial charge is 0.0651 e. The van der Waals surface area contributed by atoms with Crippen LogP contribution >= 0.6 is 0 Å². The van der Waals surface area contributed by atoms with Gasteiger partial charge < -0.3 is 0 Å². The summed E-state index contributed by atoms with van der Waals surface area (Å²) in [6, 6.07) is 0. The SMILES string of the molecule is CCC(CC)C(C)(C)C(C)C(C)C(C)C.